The molecule has 1 aromatic heterocycles. The van der Waals surface area contributed by atoms with Gasteiger partial charge in [-0.1, -0.05) is 35.8 Å². The number of aromatic nitrogens is 2. The van der Waals surface area contributed by atoms with E-state index >= 15 is 0 Å². The van der Waals surface area contributed by atoms with Crippen LogP contribution in [0.4, 0.5) is 5.69 Å². The van der Waals surface area contributed by atoms with Gasteiger partial charge in [0, 0.05) is 35.9 Å². The molecule has 0 saturated carbocycles. The quantitative estimate of drug-likeness (QED) is 0.429. The first-order valence-corrected chi connectivity index (χ1v) is 13.8. The van der Waals surface area contributed by atoms with Gasteiger partial charge >= 0.3 is 0 Å². The van der Waals surface area contributed by atoms with Gasteiger partial charge in [-0.2, -0.15) is 4.98 Å². The molecule has 3 atom stereocenters. The number of benzene rings is 2. The highest BCUT2D eigenvalue weighted by atomic mass is 35.5. The molecule has 8 heteroatoms. The second-order valence-corrected chi connectivity index (χ2v) is 11.0. The van der Waals surface area contributed by atoms with E-state index in [4.69, 9.17) is 16.1 Å². The molecular weight excluding hydrogens is 486 g/mol. The fourth-order valence-corrected chi connectivity index (χ4v) is 5.58. The Bertz CT molecular complexity index is 1180. The Hall–Kier alpha value is -2.90. The van der Waals surface area contributed by atoms with Crippen LogP contribution >= 0.6 is 11.6 Å². The third kappa shape index (κ3) is 6.51. The van der Waals surface area contributed by atoms with Crippen LogP contribution in [0.1, 0.15) is 57.0 Å². The average molecular weight is 522 g/mol. The third-order valence-electron chi connectivity index (χ3n) is 7.58. The SMILES string of the molecule is CC1CCCN(c2ccc(C(C)NC(=O)C3CCCN(Cc4nc(-c5ccc(Cl)cc5)no4)C3)cc2)C1. The van der Waals surface area contributed by atoms with Crippen LogP contribution in [0.15, 0.2) is 53.1 Å². The molecule has 2 aromatic carbocycles. The molecule has 7 nitrogen and oxygen atoms in total. The first kappa shape index (κ1) is 25.7. The lowest BCUT2D eigenvalue weighted by atomic mass is 9.96. The predicted octanol–water partition coefficient (Wildman–Crippen LogP) is 5.72. The Morgan fingerprint density at radius 2 is 1.84 bits per heavy atom. The number of carbonyl (C=O) groups excluding carboxylic acids is 1. The summed E-state index contributed by atoms with van der Waals surface area (Å²) in [4.78, 5) is 22.4. The number of nitrogens with one attached hydrogen (secondary N) is 1. The molecule has 2 saturated heterocycles. The Morgan fingerprint density at radius 3 is 2.59 bits per heavy atom. The Kier molecular flexibility index (Phi) is 8.11. The number of nitrogens with zero attached hydrogens (tertiary/aromatic N) is 4. The highest BCUT2D eigenvalue weighted by molar-refractivity contribution is 6.30. The van der Waals surface area contributed by atoms with E-state index in [1.165, 1.54) is 18.5 Å². The summed E-state index contributed by atoms with van der Waals surface area (Å²) in [5.74, 6) is 1.91. The maximum atomic E-state index is 13.1. The number of hydrogen-bond acceptors (Lipinski definition) is 6. The van der Waals surface area contributed by atoms with E-state index < -0.39 is 0 Å². The molecule has 0 spiro atoms. The molecule has 3 heterocycles. The zero-order valence-corrected chi connectivity index (χ0v) is 22.5. The molecule has 5 rings (SSSR count). The summed E-state index contributed by atoms with van der Waals surface area (Å²) in [5, 5.41) is 8.03. The van der Waals surface area contributed by atoms with Crippen LogP contribution in [-0.4, -0.2) is 47.1 Å². The van der Waals surface area contributed by atoms with E-state index in [0.717, 1.165) is 49.5 Å². The van der Waals surface area contributed by atoms with E-state index in [1.54, 1.807) is 0 Å². The van der Waals surface area contributed by atoms with Crippen LogP contribution in [0.3, 0.4) is 0 Å². The number of halogens is 1. The molecular formula is C29H36ClN5O2. The van der Waals surface area contributed by atoms with Crippen molar-refractivity contribution in [2.75, 3.05) is 31.1 Å². The van der Waals surface area contributed by atoms with Crippen LogP contribution in [-0.2, 0) is 11.3 Å². The van der Waals surface area contributed by atoms with Gasteiger partial charge in [-0.3, -0.25) is 9.69 Å². The van der Waals surface area contributed by atoms with Crippen molar-refractivity contribution in [2.24, 2.45) is 11.8 Å². The second-order valence-electron chi connectivity index (χ2n) is 10.6. The lowest BCUT2D eigenvalue weighted by molar-refractivity contribution is -0.127. The van der Waals surface area contributed by atoms with Crippen molar-refractivity contribution in [3.05, 3.63) is 65.0 Å². The minimum atomic E-state index is -0.0519. The lowest BCUT2D eigenvalue weighted by Crippen LogP contribution is -2.43. The lowest BCUT2D eigenvalue weighted by Gasteiger charge is -2.33. The standard InChI is InChI=1S/C29H36ClN5O2/c1-20-5-3-16-35(17-20)26-13-9-22(10-14-26)21(2)31-29(36)24-6-4-15-34(18-24)19-27-32-28(33-37-27)23-7-11-25(30)12-8-23/h7-14,20-21,24H,3-6,15-19H2,1-2H3,(H,31,36). The molecule has 0 radical (unpaired) electrons. The number of piperidine rings is 2. The Labute approximate surface area is 224 Å². The maximum absolute atomic E-state index is 13.1. The first-order chi connectivity index (χ1) is 17.9. The zero-order valence-electron chi connectivity index (χ0n) is 21.7. The van der Waals surface area contributed by atoms with Crippen molar-refractivity contribution in [3.8, 4) is 11.4 Å². The van der Waals surface area contributed by atoms with Crippen molar-refractivity contribution in [3.63, 3.8) is 0 Å². The van der Waals surface area contributed by atoms with Crippen molar-refractivity contribution < 1.29 is 9.32 Å². The van der Waals surface area contributed by atoms with Gasteiger partial charge in [0.1, 0.15) is 0 Å². The van der Waals surface area contributed by atoms with Gasteiger partial charge in [0.05, 0.1) is 18.5 Å². The molecule has 0 bridgehead atoms. The summed E-state index contributed by atoms with van der Waals surface area (Å²) in [7, 11) is 0. The minimum Gasteiger partial charge on any atom is -0.371 e. The summed E-state index contributed by atoms with van der Waals surface area (Å²) < 4.78 is 5.49. The van der Waals surface area contributed by atoms with Crippen LogP contribution in [0.5, 0.6) is 0 Å². The van der Waals surface area contributed by atoms with Gasteiger partial charge in [-0.25, -0.2) is 0 Å². The molecule has 1 N–H and O–H groups in total. The van der Waals surface area contributed by atoms with Crippen LogP contribution in [0, 0.1) is 11.8 Å². The monoisotopic (exact) mass is 521 g/mol. The fourth-order valence-electron chi connectivity index (χ4n) is 5.45. The number of hydrogen-bond donors (Lipinski definition) is 1. The predicted molar refractivity (Wildman–Crippen MR) is 146 cm³/mol. The van der Waals surface area contributed by atoms with E-state index in [-0.39, 0.29) is 17.9 Å². The van der Waals surface area contributed by atoms with Gasteiger partial charge in [0.15, 0.2) is 0 Å². The third-order valence-corrected chi connectivity index (χ3v) is 7.83. The number of rotatable bonds is 7. The van der Waals surface area contributed by atoms with E-state index in [1.807, 2.05) is 24.3 Å². The summed E-state index contributed by atoms with van der Waals surface area (Å²) in [6, 6.07) is 16.0. The molecule has 2 fully saturated rings. The van der Waals surface area contributed by atoms with Crippen molar-refractivity contribution >= 4 is 23.2 Å². The van der Waals surface area contributed by atoms with E-state index in [0.29, 0.717) is 29.8 Å². The van der Waals surface area contributed by atoms with Gasteiger partial charge in [-0.05, 0) is 87.0 Å². The van der Waals surface area contributed by atoms with Crippen molar-refractivity contribution in [1.82, 2.24) is 20.4 Å². The average Bonchev–Trinajstić information content (AvgIpc) is 3.37. The van der Waals surface area contributed by atoms with Gasteiger partial charge < -0.3 is 14.7 Å². The number of amides is 1. The van der Waals surface area contributed by atoms with Gasteiger partial charge in [0.25, 0.3) is 0 Å². The number of carbonyl (C=O) groups is 1. The molecule has 0 aliphatic carbocycles. The summed E-state index contributed by atoms with van der Waals surface area (Å²) >= 11 is 5.97. The Morgan fingerprint density at radius 1 is 1.08 bits per heavy atom. The zero-order chi connectivity index (χ0) is 25.8. The number of anilines is 1. The highest BCUT2D eigenvalue weighted by Crippen LogP contribution is 2.26. The summed E-state index contributed by atoms with van der Waals surface area (Å²) in [6.07, 6.45) is 4.42. The fraction of sp³-hybridized carbons (Fsp3) is 0.483. The number of likely N-dealkylation sites (tertiary alicyclic amines) is 1. The van der Waals surface area contributed by atoms with Gasteiger partial charge in [-0.15, -0.1) is 0 Å². The molecule has 2 aliphatic rings. The molecule has 1 amide bonds. The van der Waals surface area contributed by atoms with Crippen LogP contribution in [0.25, 0.3) is 11.4 Å². The molecule has 3 unspecified atom stereocenters. The first-order valence-electron chi connectivity index (χ1n) is 13.4. The van der Waals surface area contributed by atoms with Crippen LogP contribution < -0.4 is 10.2 Å². The normalized spacial score (nSPS) is 21.5. The highest BCUT2D eigenvalue weighted by Gasteiger charge is 2.28. The summed E-state index contributed by atoms with van der Waals surface area (Å²) in [6.45, 7) is 8.77. The van der Waals surface area contributed by atoms with E-state index in [2.05, 4.69) is 63.4 Å². The van der Waals surface area contributed by atoms with Crippen molar-refractivity contribution in [2.45, 2.75) is 52.1 Å². The molecule has 3 aromatic rings. The van der Waals surface area contributed by atoms with Crippen LogP contribution in [0.2, 0.25) is 5.02 Å². The Balaban J connectivity index is 1.14. The smallest absolute Gasteiger partial charge is 0.241 e. The largest absolute Gasteiger partial charge is 0.371 e. The molecule has 196 valence electrons. The summed E-state index contributed by atoms with van der Waals surface area (Å²) in [5.41, 5.74) is 3.27. The second kappa shape index (κ2) is 11.7. The maximum Gasteiger partial charge on any atom is 0.241 e. The van der Waals surface area contributed by atoms with Crippen molar-refractivity contribution in [1.29, 1.82) is 0 Å². The van der Waals surface area contributed by atoms with E-state index in [9.17, 15) is 4.79 Å². The topological polar surface area (TPSA) is 74.5 Å². The minimum absolute atomic E-state index is 0.0323. The molecule has 37 heavy (non-hydrogen) atoms. The molecule has 2 aliphatic heterocycles. The van der Waals surface area contributed by atoms with Gasteiger partial charge in [0.2, 0.25) is 17.6 Å².